The molecule has 0 spiro atoms. The molecule has 28 heavy (non-hydrogen) atoms. The first-order valence-electron chi connectivity index (χ1n) is 8.61. The number of phenolic OH excluding ortho intramolecular Hbond substituents is 1. The molecule has 1 aliphatic heterocycles. The molecule has 3 aromatic rings. The first-order valence-corrected chi connectivity index (χ1v) is 9.66. The van der Waals surface area contributed by atoms with Crippen LogP contribution in [0.4, 0.5) is 5.82 Å². The van der Waals surface area contributed by atoms with E-state index >= 15 is 0 Å². The number of carbonyl (C=O) groups is 1. The summed E-state index contributed by atoms with van der Waals surface area (Å²) in [6.45, 7) is 0. The fourth-order valence-electron chi connectivity index (χ4n) is 3.22. The third kappa shape index (κ3) is 3.16. The second-order valence-corrected chi connectivity index (χ2v) is 7.29. The third-order valence-corrected chi connectivity index (χ3v) is 5.79. The van der Waals surface area contributed by atoms with E-state index in [1.165, 1.54) is 26.0 Å². The van der Waals surface area contributed by atoms with Gasteiger partial charge in [-0.1, -0.05) is 18.2 Å². The zero-order valence-electron chi connectivity index (χ0n) is 15.4. The van der Waals surface area contributed by atoms with Gasteiger partial charge in [0.1, 0.15) is 6.33 Å². The number of aromatic nitrogens is 2. The standard InChI is InChI=1S/C20H19N3O4S/c1-26-14-8-12(9-15(27-2)18(14)25)19-17-20(22-16(24)10-28-19)21-11-23(17)13-6-4-3-5-7-13/h3-9,11,19,25H,10H2,1-2H3,(H,22,24). The monoisotopic (exact) mass is 397 g/mol. The normalized spacial score (nSPS) is 16.1. The van der Waals surface area contributed by atoms with Crippen LogP contribution in [0.5, 0.6) is 17.2 Å². The summed E-state index contributed by atoms with van der Waals surface area (Å²) in [4.78, 5) is 16.6. The number of phenols is 1. The van der Waals surface area contributed by atoms with Crippen LogP contribution in [-0.4, -0.2) is 40.5 Å². The molecule has 1 aliphatic rings. The fourth-order valence-corrected chi connectivity index (χ4v) is 4.33. The van der Waals surface area contributed by atoms with Crippen molar-refractivity contribution in [2.24, 2.45) is 0 Å². The number of thioether (sulfide) groups is 1. The Hall–Kier alpha value is -3.13. The number of anilines is 1. The van der Waals surface area contributed by atoms with Gasteiger partial charge in [-0.3, -0.25) is 9.36 Å². The minimum atomic E-state index is -0.222. The highest BCUT2D eigenvalue weighted by molar-refractivity contribution is 8.00. The molecule has 0 bridgehead atoms. The molecule has 0 fully saturated rings. The zero-order chi connectivity index (χ0) is 19.7. The predicted molar refractivity (Wildman–Crippen MR) is 108 cm³/mol. The van der Waals surface area contributed by atoms with E-state index in [2.05, 4.69) is 10.3 Å². The van der Waals surface area contributed by atoms with Gasteiger partial charge in [-0.15, -0.1) is 11.8 Å². The number of carbonyl (C=O) groups excluding carboxylic acids is 1. The molecule has 1 aromatic heterocycles. The van der Waals surface area contributed by atoms with Gasteiger partial charge in [-0.25, -0.2) is 4.98 Å². The second-order valence-electron chi connectivity index (χ2n) is 6.20. The summed E-state index contributed by atoms with van der Waals surface area (Å²) >= 11 is 1.48. The van der Waals surface area contributed by atoms with Crippen LogP contribution in [0.25, 0.3) is 5.69 Å². The van der Waals surface area contributed by atoms with Gasteiger partial charge in [0.05, 0.1) is 30.9 Å². The number of para-hydroxylation sites is 1. The van der Waals surface area contributed by atoms with E-state index in [-0.39, 0.29) is 22.7 Å². The number of fused-ring (bicyclic) bond motifs is 1. The van der Waals surface area contributed by atoms with Crippen LogP contribution in [0.15, 0.2) is 48.8 Å². The number of imidazole rings is 1. The smallest absolute Gasteiger partial charge is 0.235 e. The van der Waals surface area contributed by atoms with Crippen LogP contribution in [0, 0.1) is 0 Å². The van der Waals surface area contributed by atoms with Gasteiger partial charge in [0.2, 0.25) is 11.7 Å². The number of nitrogens with zero attached hydrogens (tertiary/aromatic N) is 2. The SMILES string of the molecule is COc1cc(C2SCC(=O)Nc3ncn(-c4ccccc4)c32)cc(OC)c1O. The van der Waals surface area contributed by atoms with E-state index in [4.69, 9.17) is 9.47 Å². The number of hydrogen-bond donors (Lipinski definition) is 2. The van der Waals surface area contributed by atoms with E-state index in [0.717, 1.165) is 16.9 Å². The zero-order valence-corrected chi connectivity index (χ0v) is 16.2. The minimum absolute atomic E-state index is 0.0571. The maximum atomic E-state index is 12.2. The Bertz CT molecular complexity index is 995. The molecule has 4 rings (SSSR count). The van der Waals surface area contributed by atoms with Crippen LogP contribution in [0.1, 0.15) is 16.5 Å². The highest BCUT2D eigenvalue weighted by Gasteiger charge is 2.30. The first kappa shape index (κ1) is 18.2. The van der Waals surface area contributed by atoms with E-state index in [1.807, 2.05) is 34.9 Å². The molecule has 7 nitrogen and oxygen atoms in total. The van der Waals surface area contributed by atoms with E-state index in [9.17, 15) is 9.90 Å². The number of amides is 1. The third-order valence-electron chi connectivity index (χ3n) is 4.53. The van der Waals surface area contributed by atoms with Gasteiger partial charge in [0.25, 0.3) is 0 Å². The van der Waals surface area contributed by atoms with Gasteiger partial charge in [-0.05, 0) is 29.8 Å². The Kier molecular flexibility index (Phi) is 4.87. The summed E-state index contributed by atoms with van der Waals surface area (Å²) in [7, 11) is 2.98. The number of aromatic hydroxyl groups is 1. The molecule has 1 unspecified atom stereocenters. The number of benzene rings is 2. The number of methoxy groups -OCH3 is 2. The lowest BCUT2D eigenvalue weighted by Crippen LogP contribution is -2.12. The Balaban J connectivity index is 1.90. The first-order chi connectivity index (χ1) is 13.6. The molecule has 1 atom stereocenters. The average molecular weight is 397 g/mol. The van der Waals surface area contributed by atoms with Crippen molar-refractivity contribution in [1.29, 1.82) is 0 Å². The topological polar surface area (TPSA) is 85.6 Å². The Morgan fingerprint density at radius 2 is 1.86 bits per heavy atom. The molecule has 144 valence electrons. The Morgan fingerprint density at radius 1 is 1.18 bits per heavy atom. The van der Waals surface area contributed by atoms with E-state index < -0.39 is 0 Å². The van der Waals surface area contributed by atoms with Crippen molar-refractivity contribution in [1.82, 2.24) is 9.55 Å². The molecule has 0 radical (unpaired) electrons. The highest BCUT2D eigenvalue weighted by atomic mass is 32.2. The van der Waals surface area contributed by atoms with Crippen LogP contribution < -0.4 is 14.8 Å². The van der Waals surface area contributed by atoms with E-state index in [0.29, 0.717) is 17.3 Å². The van der Waals surface area contributed by atoms with Crippen molar-refractivity contribution in [2.45, 2.75) is 5.25 Å². The molecule has 2 heterocycles. The predicted octanol–water partition coefficient (Wildman–Crippen LogP) is 3.37. The van der Waals surface area contributed by atoms with Crippen molar-refractivity contribution in [2.75, 3.05) is 25.3 Å². The summed E-state index contributed by atoms with van der Waals surface area (Å²) in [6, 6.07) is 13.3. The van der Waals surface area contributed by atoms with Crippen molar-refractivity contribution in [3.05, 3.63) is 60.0 Å². The summed E-state index contributed by atoms with van der Waals surface area (Å²) in [6.07, 6.45) is 1.70. The lowest BCUT2D eigenvalue weighted by molar-refractivity contribution is -0.113. The maximum absolute atomic E-state index is 12.2. The maximum Gasteiger partial charge on any atom is 0.235 e. The number of hydrogen-bond acceptors (Lipinski definition) is 6. The van der Waals surface area contributed by atoms with Crippen LogP contribution in [-0.2, 0) is 4.79 Å². The summed E-state index contributed by atoms with van der Waals surface area (Å²) in [5.74, 6) is 1.26. The summed E-state index contributed by atoms with van der Waals surface area (Å²) < 4.78 is 12.6. The Morgan fingerprint density at radius 3 is 2.50 bits per heavy atom. The van der Waals surface area contributed by atoms with Crippen LogP contribution in [0.2, 0.25) is 0 Å². The van der Waals surface area contributed by atoms with Crippen molar-refractivity contribution in [3.8, 4) is 22.9 Å². The lowest BCUT2D eigenvalue weighted by Gasteiger charge is -2.20. The largest absolute Gasteiger partial charge is 0.502 e. The van der Waals surface area contributed by atoms with Crippen molar-refractivity contribution >= 4 is 23.5 Å². The Labute approximate surface area is 166 Å². The van der Waals surface area contributed by atoms with Crippen molar-refractivity contribution < 1.29 is 19.4 Å². The molecular weight excluding hydrogens is 378 g/mol. The average Bonchev–Trinajstić information content (AvgIpc) is 3.05. The fraction of sp³-hybridized carbons (Fsp3) is 0.200. The molecule has 8 heteroatoms. The minimum Gasteiger partial charge on any atom is -0.502 e. The van der Waals surface area contributed by atoms with Gasteiger partial charge in [0.15, 0.2) is 17.3 Å². The van der Waals surface area contributed by atoms with Crippen LogP contribution >= 0.6 is 11.8 Å². The van der Waals surface area contributed by atoms with Crippen molar-refractivity contribution in [3.63, 3.8) is 0 Å². The molecule has 0 aliphatic carbocycles. The summed E-state index contributed by atoms with van der Waals surface area (Å²) in [5.41, 5.74) is 2.62. The number of nitrogens with one attached hydrogen (secondary N) is 1. The summed E-state index contributed by atoms with van der Waals surface area (Å²) in [5, 5.41) is 12.9. The quantitative estimate of drug-likeness (QED) is 0.702. The number of ether oxygens (including phenoxy) is 2. The number of rotatable bonds is 4. The van der Waals surface area contributed by atoms with Gasteiger partial charge < -0.3 is 19.9 Å². The molecule has 0 saturated carbocycles. The molecule has 2 aromatic carbocycles. The van der Waals surface area contributed by atoms with Crippen LogP contribution in [0.3, 0.4) is 0 Å². The molecule has 0 saturated heterocycles. The van der Waals surface area contributed by atoms with Gasteiger partial charge in [0, 0.05) is 5.69 Å². The second kappa shape index (κ2) is 7.47. The van der Waals surface area contributed by atoms with Gasteiger partial charge in [-0.2, -0.15) is 0 Å². The lowest BCUT2D eigenvalue weighted by atomic mass is 10.1. The van der Waals surface area contributed by atoms with E-state index in [1.54, 1.807) is 18.5 Å². The highest BCUT2D eigenvalue weighted by Crippen LogP contribution is 2.46. The molecule has 1 amide bonds. The molecule has 2 N–H and O–H groups in total. The molecular formula is C20H19N3O4S. The van der Waals surface area contributed by atoms with Gasteiger partial charge >= 0.3 is 0 Å².